The van der Waals surface area contributed by atoms with Crippen molar-refractivity contribution in [2.24, 2.45) is 22.4 Å². The van der Waals surface area contributed by atoms with Crippen LogP contribution in [0.5, 0.6) is 0 Å². The lowest BCUT2D eigenvalue weighted by atomic mass is 9.53. The second-order valence-corrected chi connectivity index (χ2v) is 7.26. The molecule has 152 valence electrons. The summed E-state index contributed by atoms with van der Waals surface area (Å²) in [5.74, 6) is -6.24. The molecule has 4 aliphatic heterocycles. The third-order valence-electron chi connectivity index (χ3n) is 5.99. The Kier molecular flexibility index (Phi) is 3.64. The summed E-state index contributed by atoms with van der Waals surface area (Å²) >= 11 is 0. The Morgan fingerprint density at radius 1 is 1.22 bits per heavy atom. The van der Waals surface area contributed by atoms with Crippen LogP contribution in [-0.2, 0) is 14.3 Å². The number of carbonyl (C=O) groups is 1. The lowest BCUT2D eigenvalue weighted by Gasteiger charge is -2.72. The number of hydrogen-bond acceptors (Lipinski definition) is 13. The van der Waals surface area contributed by atoms with E-state index in [9.17, 15) is 35.4 Å². The Balaban J connectivity index is 1.89. The van der Waals surface area contributed by atoms with Gasteiger partial charge >= 0.3 is 11.9 Å². The van der Waals surface area contributed by atoms with Gasteiger partial charge in [-0.15, -0.1) is 0 Å². The van der Waals surface area contributed by atoms with Crippen LogP contribution in [0.4, 0.5) is 0 Å². The van der Waals surface area contributed by atoms with Crippen molar-refractivity contribution in [3.63, 3.8) is 0 Å². The molecule has 0 amide bonds. The second-order valence-electron chi connectivity index (χ2n) is 7.26. The highest BCUT2D eigenvalue weighted by molar-refractivity contribution is 5.80. The molecule has 5 rings (SSSR count). The van der Waals surface area contributed by atoms with E-state index in [1.165, 1.54) is 0 Å². The molecule has 4 fully saturated rings. The standard InChI is InChI=1S/C13H20N4O10/c14-2(8(21)22)3(18)12(24)5-1-7(20)16-10(15)17-11(1)4(19)6(12)27-13(25,26-5)9(11)23/h1-7,9,18-20,23-25H,14H2,(H,21,22)(H3,15,16,17)/t1?,2?,3?,4-,5?,6?,7-,9+,11-,12+,13?/m1/s1. The van der Waals surface area contributed by atoms with E-state index in [1.807, 2.05) is 0 Å². The Bertz CT molecular complexity index is 723. The molecule has 11 atom stereocenters. The summed E-state index contributed by atoms with van der Waals surface area (Å²) in [6.07, 6.45) is -11.5. The van der Waals surface area contributed by atoms with E-state index in [1.54, 1.807) is 0 Å². The minimum Gasteiger partial charge on any atom is -0.480 e. The Morgan fingerprint density at radius 2 is 1.81 bits per heavy atom. The van der Waals surface area contributed by atoms with Gasteiger partial charge in [0.1, 0.15) is 41.6 Å². The van der Waals surface area contributed by atoms with Crippen LogP contribution in [-0.4, -0.2) is 108 Å². The maximum absolute atomic E-state index is 11.2. The Labute approximate surface area is 150 Å². The van der Waals surface area contributed by atoms with E-state index < -0.39 is 71.8 Å². The van der Waals surface area contributed by atoms with Crippen molar-refractivity contribution in [3.05, 3.63) is 0 Å². The zero-order valence-electron chi connectivity index (χ0n) is 13.6. The molecule has 4 heterocycles. The molecule has 6 unspecified atom stereocenters. The highest BCUT2D eigenvalue weighted by Crippen LogP contribution is 2.59. The summed E-state index contributed by atoms with van der Waals surface area (Å²) in [4.78, 5) is 14.8. The first-order chi connectivity index (χ1) is 12.4. The SMILES string of the molecule is NC1=N[C@H](O)C2C3OC4(O)OC([C@@H](O)[C@@]2(N1)[C@@H]4O)[C@]3(O)C(O)C(N)C(=O)O. The lowest BCUT2D eigenvalue weighted by molar-refractivity contribution is -0.552. The fraction of sp³-hybridized carbons (Fsp3) is 0.846. The molecule has 12 N–H and O–H groups in total. The number of nitrogens with one attached hydrogen (secondary N) is 1. The minimum atomic E-state index is -2.74. The van der Waals surface area contributed by atoms with Crippen molar-refractivity contribution < 1.29 is 50.0 Å². The van der Waals surface area contributed by atoms with Gasteiger partial charge in [0.25, 0.3) is 0 Å². The van der Waals surface area contributed by atoms with Crippen molar-refractivity contribution in [2.45, 2.75) is 59.9 Å². The number of ether oxygens (including phenoxy) is 2. The number of aliphatic carboxylic acids is 1. The molecule has 14 nitrogen and oxygen atoms in total. The molecule has 0 aromatic rings. The van der Waals surface area contributed by atoms with Gasteiger partial charge in [0, 0.05) is 0 Å². The predicted octanol–water partition coefficient (Wildman–Crippen LogP) is -6.74. The molecule has 0 aromatic carbocycles. The van der Waals surface area contributed by atoms with E-state index in [4.69, 9.17) is 26.0 Å². The molecule has 1 spiro atoms. The van der Waals surface area contributed by atoms with Crippen LogP contribution >= 0.6 is 0 Å². The number of aliphatic hydroxyl groups is 6. The number of carboxylic acid groups (broad SMARTS) is 1. The zero-order chi connectivity index (χ0) is 20.1. The van der Waals surface area contributed by atoms with Gasteiger partial charge in [-0.3, -0.25) is 4.79 Å². The lowest BCUT2D eigenvalue weighted by Crippen LogP contribution is -2.96. The number of aliphatic hydroxyl groups excluding tert-OH is 4. The van der Waals surface area contributed by atoms with Crippen molar-refractivity contribution in [1.29, 1.82) is 0 Å². The highest BCUT2D eigenvalue weighted by Gasteiger charge is 2.84. The number of hydrogen-bond donors (Lipinski definition) is 10. The van der Waals surface area contributed by atoms with Crippen molar-refractivity contribution in [3.8, 4) is 0 Å². The average molecular weight is 392 g/mol. The van der Waals surface area contributed by atoms with E-state index in [0.29, 0.717) is 0 Å². The molecule has 27 heavy (non-hydrogen) atoms. The van der Waals surface area contributed by atoms with Crippen LogP contribution in [0.1, 0.15) is 0 Å². The fourth-order valence-electron chi connectivity index (χ4n) is 4.76. The Morgan fingerprint density at radius 3 is 2.41 bits per heavy atom. The van der Waals surface area contributed by atoms with E-state index in [-0.39, 0.29) is 5.96 Å². The van der Waals surface area contributed by atoms with E-state index >= 15 is 0 Å². The van der Waals surface area contributed by atoms with Crippen LogP contribution in [0.15, 0.2) is 4.99 Å². The van der Waals surface area contributed by atoms with Crippen molar-refractivity contribution in [2.75, 3.05) is 0 Å². The highest BCUT2D eigenvalue weighted by atomic mass is 16.9. The maximum atomic E-state index is 11.2. The topological polar surface area (TPSA) is 254 Å². The van der Waals surface area contributed by atoms with Gasteiger partial charge in [0.2, 0.25) is 0 Å². The van der Waals surface area contributed by atoms with E-state index in [0.717, 1.165) is 0 Å². The average Bonchev–Trinajstić information content (AvgIpc) is 2.58. The van der Waals surface area contributed by atoms with Gasteiger partial charge in [-0.05, 0) is 0 Å². The predicted molar refractivity (Wildman–Crippen MR) is 80.3 cm³/mol. The smallest absolute Gasteiger partial charge is 0.323 e. The summed E-state index contributed by atoms with van der Waals surface area (Å²) in [6.45, 7) is 0. The van der Waals surface area contributed by atoms with Gasteiger partial charge in [-0.2, -0.15) is 0 Å². The normalized spacial score (nSPS) is 55.3. The third kappa shape index (κ3) is 1.94. The molecular weight excluding hydrogens is 372 g/mol. The Hall–Kier alpha value is -1.62. The zero-order valence-corrected chi connectivity index (χ0v) is 13.6. The monoisotopic (exact) mass is 392 g/mol. The molecule has 1 aliphatic carbocycles. The molecule has 4 bridgehead atoms. The van der Waals surface area contributed by atoms with Gasteiger partial charge in [0.15, 0.2) is 18.3 Å². The second kappa shape index (κ2) is 5.25. The molecular formula is C13H20N4O10. The van der Waals surface area contributed by atoms with Crippen LogP contribution in [0.3, 0.4) is 0 Å². The fourth-order valence-corrected chi connectivity index (χ4v) is 4.76. The number of guanidine groups is 1. The molecule has 5 aliphatic rings. The molecule has 0 aromatic heterocycles. The van der Waals surface area contributed by atoms with Crippen LogP contribution in [0.2, 0.25) is 0 Å². The number of nitrogens with zero attached hydrogens (tertiary/aromatic N) is 1. The molecule has 3 saturated heterocycles. The van der Waals surface area contributed by atoms with E-state index in [2.05, 4.69) is 10.3 Å². The van der Waals surface area contributed by atoms with Crippen LogP contribution < -0.4 is 16.8 Å². The number of nitrogens with two attached hydrogens (primary N) is 2. The summed E-state index contributed by atoms with van der Waals surface area (Å²) in [6, 6.07) is -2.02. The third-order valence-corrected chi connectivity index (χ3v) is 5.99. The summed E-state index contributed by atoms with van der Waals surface area (Å²) in [5.41, 5.74) is 6.36. The van der Waals surface area contributed by atoms with Crippen molar-refractivity contribution in [1.82, 2.24) is 5.32 Å². The quantitative estimate of drug-likeness (QED) is 0.214. The summed E-state index contributed by atoms with van der Waals surface area (Å²) in [5, 5.41) is 75.5. The van der Waals surface area contributed by atoms with Gasteiger partial charge in [0.05, 0.1) is 5.92 Å². The maximum Gasteiger partial charge on any atom is 0.323 e. The molecule has 0 radical (unpaired) electrons. The van der Waals surface area contributed by atoms with Crippen LogP contribution in [0.25, 0.3) is 0 Å². The molecule has 14 heteroatoms. The molecule has 1 saturated carbocycles. The minimum absolute atomic E-state index is 0.367. The number of carboxylic acids is 1. The summed E-state index contributed by atoms with van der Waals surface area (Å²) < 4.78 is 10.3. The van der Waals surface area contributed by atoms with Gasteiger partial charge in [-0.1, -0.05) is 0 Å². The largest absolute Gasteiger partial charge is 0.480 e. The van der Waals surface area contributed by atoms with Crippen molar-refractivity contribution >= 4 is 11.9 Å². The first-order valence-corrected chi connectivity index (χ1v) is 8.03. The number of rotatable bonds is 3. The first-order valence-electron chi connectivity index (χ1n) is 8.03. The first kappa shape index (κ1) is 18.7. The van der Waals surface area contributed by atoms with Crippen LogP contribution in [0, 0.1) is 5.92 Å². The summed E-state index contributed by atoms with van der Waals surface area (Å²) in [7, 11) is 0. The van der Waals surface area contributed by atoms with Gasteiger partial charge < -0.3 is 62.0 Å². The van der Waals surface area contributed by atoms with Gasteiger partial charge in [-0.25, -0.2) is 4.99 Å². The number of aliphatic imine (C=N–C) groups is 1.